The zero-order valence-electron chi connectivity index (χ0n) is 16.6. The Balaban J connectivity index is 1.47. The van der Waals surface area contributed by atoms with Crippen molar-refractivity contribution >= 4 is 5.91 Å². The molecule has 2 fully saturated rings. The Morgan fingerprint density at radius 1 is 1.31 bits per heavy atom. The summed E-state index contributed by atoms with van der Waals surface area (Å²) in [6.45, 7) is 9.57. The molecule has 144 valence electrons. The van der Waals surface area contributed by atoms with Crippen molar-refractivity contribution in [2.24, 2.45) is 17.8 Å². The largest absolute Gasteiger partial charge is 0.377 e. The van der Waals surface area contributed by atoms with E-state index in [1.807, 2.05) is 30.1 Å². The summed E-state index contributed by atoms with van der Waals surface area (Å²) in [5.74, 6) is 2.12. The van der Waals surface area contributed by atoms with Crippen LogP contribution in [0.25, 0.3) is 0 Å². The zero-order valence-corrected chi connectivity index (χ0v) is 16.6. The predicted octanol–water partition coefficient (Wildman–Crippen LogP) is 3.42. The first-order chi connectivity index (χ1) is 12.5. The van der Waals surface area contributed by atoms with E-state index in [1.54, 1.807) is 0 Å². The topological polar surface area (TPSA) is 32.8 Å². The molecule has 0 aromatic heterocycles. The summed E-state index contributed by atoms with van der Waals surface area (Å²) in [5.41, 5.74) is 1.17. The first kappa shape index (κ1) is 19.4. The van der Waals surface area contributed by atoms with Gasteiger partial charge in [-0.05, 0) is 43.3 Å². The van der Waals surface area contributed by atoms with Crippen molar-refractivity contribution < 1.29 is 9.53 Å². The van der Waals surface area contributed by atoms with Gasteiger partial charge in [0, 0.05) is 26.1 Å². The minimum Gasteiger partial charge on any atom is -0.377 e. The van der Waals surface area contributed by atoms with E-state index in [2.05, 4.69) is 30.9 Å². The van der Waals surface area contributed by atoms with E-state index >= 15 is 0 Å². The van der Waals surface area contributed by atoms with E-state index in [9.17, 15) is 4.79 Å². The van der Waals surface area contributed by atoms with E-state index in [0.29, 0.717) is 24.8 Å². The van der Waals surface area contributed by atoms with Gasteiger partial charge in [0.1, 0.15) is 0 Å². The second-order valence-electron chi connectivity index (χ2n) is 8.51. The van der Waals surface area contributed by atoms with Gasteiger partial charge in [0.15, 0.2) is 0 Å². The van der Waals surface area contributed by atoms with Crippen molar-refractivity contribution in [2.45, 2.75) is 45.8 Å². The summed E-state index contributed by atoms with van der Waals surface area (Å²) < 4.78 is 6.07. The third-order valence-electron chi connectivity index (χ3n) is 5.97. The van der Waals surface area contributed by atoms with E-state index in [4.69, 9.17) is 4.74 Å². The Morgan fingerprint density at radius 2 is 2.08 bits per heavy atom. The number of nitrogens with zero attached hydrogens (tertiary/aromatic N) is 2. The monoisotopic (exact) mass is 358 g/mol. The average molecular weight is 359 g/mol. The Morgan fingerprint density at radius 3 is 2.81 bits per heavy atom. The molecule has 0 unspecified atom stereocenters. The minimum absolute atomic E-state index is 0.109. The summed E-state index contributed by atoms with van der Waals surface area (Å²) in [6.07, 6.45) is 3.07. The van der Waals surface area contributed by atoms with Crippen LogP contribution in [0.4, 0.5) is 0 Å². The number of hydrogen-bond acceptors (Lipinski definition) is 3. The number of piperidine rings is 1. The fraction of sp³-hybridized carbons (Fsp3) is 0.682. The first-order valence-electron chi connectivity index (χ1n) is 10.1. The summed E-state index contributed by atoms with van der Waals surface area (Å²) in [6, 6.07) is 10.2. The Kier molecular flexibility index (Phi) is 6.71. The lowest BCUT2D eigenvalue weighted by atomic mass is 9.83. The van der Waals surface area contributed by atoms with Crippen LogP contribution >= 0.6 is 0 Å². The molecule has 1 aromatic carbocycles. The highest BCUT2D eigenvalue weighted by molar-refractivity contribution is 5.76. The van der Waals surface area contributed by atoms with Crippen LogP contribution < -0.4 is 0 Å². The van der Waals surface area contributed by atoms with E-state index in [0.717, 1.165) is 25.6 Å². The molecule has 2 heterocycles. The normalized spacial score (nSPS) is 26.1. The van der Waals surface area contributed by atoms with Crippen molar-refractivity contribution in [3.63, 3.8) is 0 Å². The van der Waals surface area contributed by atoms with Crippen LogP contribution in [0.15, 0.2) is 30.3 Å². The number of carbonyl (C=O) groups is 1. The molecule has 3 atom stereocenters. The van der Waals surface area contributed by atoms with Gasteiger partial charge in [0.05, 0.1) is 19.1 Å². The molecule has 0 aliphatic carbocycles. The third kappa shape index (κ3) is 5.08. The smallest absolute Gasteiger partial charge is 0.225 e. The molecule has 0 N–H and O–H groups in total. The van der Waals surface area contributed by atoms with Crippen molar-refractivity contribution in [1.29, 1.82) is 0 Å². The Bertz CT molecular complexity index is 575. The molecule has 4 nitrogen and oxygen atoms in total. The highest BCUT2D eigenvalue weighted by Gasteiger charge is 2.41. The maximum absolute atomic E-state index is 12.7. The lowest BCUT2D eigenvalue weighted by Crippen LogP contribution is -2.42. The minimum atomic E-state index is 0.109. The van der Waals surface area contributed by atoms with Crippen molar-refractivity contribution in [3.8, 4) is 0 Å². The number of likely N-dealkylation sites (tertiary alicyclic amines) is 1. The number of amides is 1. The van der Waals surface area contributed by atoms with Crippen LogP contribution in [0.1, 0.15) is 38.7 Å². The van der Waals surface area contributed by atoms with Gasteiger partial charge in [-0.2, -0.15) is 0 Å². The van der Waals surface area contributed by atoms with Gasteiger partial charge in [-0.1, -0.05) is 44.2 Å². The molecule has 2 saturated heterocycles. The molecule has 0 radical (unpaired) electrons. The molecule has 1 aromatic rings. The molecule has 26 heavy (non-hydrogen) atoms. The number of ether oxygens (including phenoxy) is 1. The van der Waals surface area contributed by atoms with Crippen LogP contribution in [0.3, 0.4) is 0 Å². The number of fused-ring (bicyclic) bond motifs is 1. The maximum Gasteiger partial charge on any atom is 0.225 e. The summed E-state index contributed by atoms with van der Waals surface area (Å²) in [4.78, 5) is 17.1. The van der Waals surface area contributed by atoms with Crippen LogP contribution in [0, 0.1) is 17.8 Å². The lowest BCUT2D eigenvalue weighted by Gasteiger charge is -2.36. The van der Waals surface area contributed by atoms with E-state index in [1.165, 1.54) is 24.9 Å². The summed E-state index contributed by atoms with van der Waals surface area (Å²) >= 11 is 0. The molecule has 2 aliphatic heterocycles. The van der Waals surface area contributed by atoms with Crippen LogP contribution in [-0.2, 0) is 16.1 Å². The first-order valence-corrected chi connectivity index (χ1v) is 10.1. The second-order valence-corrected chi connectivity index (χ2v) is 8.51. The standard InChI is InChI=1S/C22H34N2O2/c1-17(2)9-11-24-12-10-20-19(15-24)16-26-21(20)13-22(25)23(3)14-18-7-5-4-6-8-18/h4-8,17,19-21H,9-16H2,1-3H3/t19-,20-,21+/m1/s1. The van der Waals surface area contributed by atoms with Gasteiger partial charge in [-0.3, -0.25) is 4.79 Å². The highest BCUT2D eigenvalue weighted by atomic mass is 16.5. The van der Waals surface area contributed by atoms with Gasteiger partial charge in [0.2, 0.25) is 5.91 Å². The van der Waals surface area contributed by atoms with Gasteiger partial charge in [-0.25, -0.2) is 0 Å². The average Bonchev–Trinajstić information content (AvgIpc) is 3.03. The number of benzene rings is 1. The SMILES string of the molecule is CC(C)CCN1CC[C@@H]2[C@@H](CO[C@H]2CC(=O)N(C)Cc2ccccc2)C1. The zero-order chi connectivity index (χ0) is 18.5. The third-order valence-corrected chi connectivity index (χ3v) is 5.97. The molecular weight excluding hydrogens is 324 g/mol. The number of rotatable bonds is 7. The molecular formula is C22H34N2O2. The van der Waals surface area contributed by atoms with Crippen LogP contribution in [0.5, 0.6) is 0 Å². The molecule has 2 aliphatic rings. The summed E-state index contributed by atoms with van der Waals surface area (Å²) in [7, 11) is 1.90. The lowest BCUT2D eigenvalue weighted by molar-refractivity contribution is -0.133. The number of hydrogen-bond donors (Lipinski definition) is 0. The van der Waals surface area contributed by atoms with Crippen molar-refractivity contribution in [1.82, 2.24) is 9.80 Å². The molecule has 0 spiro atoms. The fourth-order valence-corrected chi connectivity index (χ4v) is 4.29. The highest BCUT2D eigenvalue weighted by Crippen LogP contribution is 2.36. The van der Waals surface area contributed by atoms with Gasteiger partial charge in [-0.15, -0.1) is 0 Å². The van der Waals surface area contributed by atoms with Crippen molar-refractivity contribution in [3.05, 3.63) is 35.9 Å². The summed E-state index contributed by atoms with van der Waals surface area (Å²) in [5, 5.41) is 0. The molecule has 0 saturated carbocycles. The Labute approximate surface area is 158 Å². The molecule has 4 heteroatoms. The second kappa shape index (κ2) is 9.01. The van der Waals surface area contributed by atoms with Crippen LogP contribution in [0.2, 0.25) is 0 Å². The fourth-order valence-electron chi connectivity index (χ4n) is 4.29. The Hall–Kier alpha value is -1.39. The molecule has 1 amide bonds. The van der Waals surface area contributed by atoms with E-state index in [-0.39, 0.29) is 12.0 Å². The van der Waals surface area contributed by atoms with Gasteiger partial charge >= 0.3 is 0 Å². The van der Waals surface area contributed by atoms with Crippen LogP contribution in [-0.4, -0.2) is 55.1 Å². The maximum atomic E-state index is 12.7. The quantitative estimate of drug-likeness (QED) is 0.749. The molecule has 0 bridgehead atoms. The predicted molar refractivity (Wildman–Crippen MR) is 105 cm³/mol. The molecule has 3 rings (SSSR count). The van der Waals surface area contributed by atoms with E-state index < -0.39 is 0 Å². The number of carbonyl (C=O) groups excluding carboxylic acids is 1. The van der Waals surface area contributed by atoms with Crippen molar-refractivity contribution in [2.75, 3.05) is 33.3 Å². The van der Waals surface area contributed by atoms with Gasteiger partial charge in [0.25, 0.3) is 0 Å². The van der Waals surface area contributed by atoms with Gasteiger partial charge < -0.3 is 14.5 Å².